The minimum Gasteiger partial charge on any atom is -0.466 e. The van der Waals surface area contributed by atoms with Crippen molar-refractivity contribution in [3.8, 4) is 0 Å². The van der Waals surface area contributed by atoms with Crippen LogP contribution in [-0.4, -0.2) is 25.2 Å². The van der Waals surface area contributed by atoms with E-state index in [0.717, 1.165) is 51.4 Å². The van der Waals surface area contributed by atoms with Crippen LogP contribution >= 0.6 is 0 Å². The average molecular weight is 425 g/mol. The van der Waals surface area contributed by atoms with Crippen LogP contribution in [0.2, 0.25) is 0 Å². The molecule has 0 aliphatic heterocycles. The molecule has 30 heavy (non-hydrogen) atoms. The molecule has 0 aromatic rings. The highest BCUT2D eigenvalue weighted by Crippen LogP contribution is 2.10. The second-order valence-corrected chi connectivity index (χ2v) is 9.18. The first kappa shape index (κ1) is 28.7. The van der Waals surface area contributed by atoms with E-state index in [9.17, 15) is 9.59 Å². The molecule has 4 heteroatoms. The molecule has 0 saturated carbocycles. The van der Waals surface area contributed by atoms with Crippen LogP contribution in [0.25, 0.3) is 0 Å². The third kappa shape index (κ3) is 23.0. The summed E-state index contributed by atoms with van der Waals surface area (Å²) in [5.74, 6) is 1.08. The van der Waals surface area contributed by atoms with Crippen LogP contribution < -0.4 is 0 Å². The van der Waals surface area contributed by atoms with Gasteiger partial charge in [-0.05, 0) is 63.2 Å². The van der Waals surface area contributed by atoms with Crippen LogP contribution in [0.1, 0.15) is 118 Å². The quantitative estimate of drug-likeness (QED) is 0.116. The van der Waals surface area contributed by atoms with E-state index in [0.29, 0.717) is 37.9 Å². The van der Waals surface area contributed by atoms with Gasteiger partial charge < -0.3 is 9.47 Å². The van der Waals surface area contributed by atoms with Crippen molar-refractivity contribution in [3.05, 3.63) is 12.2 Å². The first-order valence-electron chi connectivity index (χ1n) is 12.4. The number of carbonyl (C=O) groups excluding carboxylic acids is 2. The van der Waals surface area contributed by atoms with Gasteiger partial charge in [-0.15, -0.1) is 0 Å². The van der Waals surface area contributed by atoms with Crippen LogP contribution in [0.3, 0.4) is 0 Å². The van der Waals surface area contributed by atoms with E-state index in [1.54, 1.807) is 0 Å². The van der Waals surface area contributed by atoms with Gasteiger partial charge in [0.25, 0.3) is 0 Å². The molecule has 0 unspecified atom stereocenters. The molecule has 0 bridgehead atoms. The van der Waals surface area contributed by atoms with E-state index in [-0.39, 0.29) is 11.9 Å². The van der Waals surface area contributed by atoms with Crippen LogP contribution in [-0.2, 0) is 19.1 Å². The molecule has 0 N–H and O–H groups in total. The molecule has 0 spiro atoms. The fraction of sp³-hybridized carbons (Fsp3) is 0.846. The lowest BCUT2D eigenvalue weighted by Crippen LogP contribution is -2.07. The average Bonchev–Trinajstić information content (AvgIpc) is 2.67. The molecule has 0 aromatic carbocycles. The molecule has 0 fully saturated rings. The predicted molar refractivity (Wildman–Crippen MR) is 125 cm³/mol. The normalized spacial score (nSPS) is 11.5. The first-order valence-corrected chi connectivity index (χ1v) is 12.4. The van der Waals surface area contributed by atoms with Gasteiger partial charge in [0.2, 0.25) is 0 Å². The summed E-state index contributed by atoms with van der Waals surface area (Å²) in [4.78, 5) is 23.1. The third-order valence-electron chi connectivity index (χ3n) is 5.09. The molecule has 0 atom stereocenters. The zero-order valence-corrected chi connectivity index (χ0v) is 20.3. The largest absolute Gasteiger partial charge is 0.466 e. The minimum absolute atomic E-state index is 0.0381. The predicted octanol–water partition coefficient (Wildman–Crippen LogP) is 7.40. The minimum atomic E-state index is -0.0531. The molecule has 0 aromatic heterocycles. The zero-order valence-electron chi connectivity index (χ0n) is 20.3. The molecule has 176 valence electrons. The standard InChI is InChI=1S/C26H48O4/c1-23(2)19-21-29-25(27)17-15-13-11-9-7-5-6-8-10-12-14-16-18-26(28)30-22-20-24(3)4/h7,9,23-24H,5-6,8,10-22H2,1-4H3/b9-7+. The Bertz CT molecular complexity index is 440. The van der Waals surface area contributed by atoms with Crippen molar-refractivity contribution in [1.82, 2.24) is 0 Å². The highest BCUT2D eigenvalue weighted by Gasteiger charge is 2.04. The number of unbranched alkanes of at least 4 members (excludes halogenated alkanes) is 8. The summed E-state index contributed by atoms with van der Waals surface area (Å²) in [7, 11) is 0. The van der Waals surface area contributed by atoms with E-state index in [2.05, 4.69) is 39.8 Å². The van der Waals surface area contributed by atoms with Gasteiger partial charge >= 0.3 is 11.9 Å². The summed E-state index contributed by atoms with van der Waals surface area (Å²) in [6.45, 7) is 9.67. The number of hydrogen-bond donors (Lipinski definition) is 0. The Labute approximate surface area is 186 Å². The van der Waals surface area contributed by atoms with Crippen molar-refractivity contribution >= 4 is 11.9 Å². The number of esters is 2. The van der Waals surface area contributed by atoms with Gasteiger partial charge in [0.1, 0.15) is 0 Å². The summed E-state index contributed by atoms with van der Waals surface area (Å²) < 4.78 is 10.4. The van der Waals surface area contributed by atoms with Gasteiger partial charge in [-0.3, -0.25) is 9.59 Å². The molecule has 0 aliphatic carbocycles. The molecule has 0 saturated heterocycles. The fourth-order valence-corrected chi connectivity index (χ4v) is 2.97. The van der Waals surface area contributed by atoms with Gasteiger partial charge in [0.15, 0.2) is 0 Å². The van der Waals surface area contributed by atoms with Crippen molar-refractivity contribution in [3.63, 3.8) is 0 Å². The van der Waals surface area contributed by atoms with Gasteiger partial charge in [0, 0.05) is 12.8 Å². The van der Waals surface area contributed by atoms with E-state index >= 15 is 0 Å². The highest BCUT2D eigenvalue weighted by atomic mass is 16.5. The maximum atomic E-state index is 11.6. The summed E-state index contributed by atoms with van der Waals surface area (Å²) in [5, 5.41) is 0. The highest BCUT2D eigenvalue weighted by molar-refractivity contribution is 5.69. The second kappa shape index (κ2) is 20.9. The summed E-state index contributed by atoms with van der Waals surface area (Å²) in [5.41, 5.74) is 0. The fourth-order valence-electron chi connectivity index (χ4n) is 2.97. The maximum absolute atomic E-state index is 11.6. The molecule has 0 aliphatic rings. The van der Waals surface area contributed by atoms with Crippen LogP contribution in [0.5, 0.6) is 0 Å². The Hall–Kier alpha value is -1.32. The smallest absolute Gasteiger partial charge is 0.305 e. The van der Waals surface area contributed by atoms with Gasteiger partial charge in [-0.2, -0.15) is 0 Å². The summed E-state index contributed by atoms with van der Waals surface area (Å²) in [6, 6.07) is 0. The molecule has 4 nitrogen and oxygen atoms in total. The second-order valence-electron chi connectivity index (χ2n) is 9.18. The Morgan fingerprint density at radius 3 is 1.43 bits per heavy atom. The Kier molecular flexibility index (Phi) is 20.0. The van der Waals surface area contributed by atoms with Crippen LogP contribution in [0.4, 0.5) is 0 Å². The SMILES string of the molecule is CC(C)CCOC(=O)CCCC/C=C/CCCCCCCCC(=O)OCCC(C)C. The third-order valence-corrected chi connectivity index (χ3v) is 5.09. The van der Waals surface area contributed by atoms with E-state index in [1.165, 1.54) is 25.7 Å². The molecule has 0 radical (unpaired) electrons. The lowest BCUT2D eigenvalue weighted by Gasteiger charge is -2.06. The Morgan fingerprint density at radius 2 is 0.967 bits per heavy atom. The van der Waals surface area contributed by atoms with Gasteiger partial charge in [-0.1, -0.05) is 65.5 Å². The van der Waals surface area contributed by atoms with E-state index in [4.69, 9.17) is 9.47 Å². The number of hydrogen-bond acceptors (Lipinski definition) is 4. The van der Waals surface area contributed by atoms with Gasteiger partial charge in [0.05, 0.1) is 13.2 Å². The van der Waals surface area contributed by atoms with Crippen molar-refractivity contribution in [2.45, 2.75) is 118 Å². The number of carbonyl (C=O) groups is 2. The maximum Gasteiger partial charge on any atom is 0.305 e. The lowest BCUT2D eigenvalue weighted by atomic mass is 10.1. The number of allylic oxidation sites excluding steroid dienone is 2. The summed E-state index contributed by atoms with van der Waals surface area (Å²) in [6.07, 6.45) is 18.7. The monoisotopic (exact) mass is 424 g/mol. The summed E-state index contributed by atoms with van der Waals surface area (Å²) >= 11 is 0. The van der Waals surface area contributed by atoms with Crippen molar-refractivity contribution in [2.24, 2.45) is 11.8 Å². The molecule has 0 heterocycles. The van der Waals surface area contributed by atoms with Crippen LogP contribution in [0.15, 0.2) is 12.2 Å². The van der Waals surface area contributed by atoms with Crippen molar-refractivity contribution in [2.75, 3.05) is 13.2 Å². The van der Waals surface area contributed by atoms with Crippen LogP contribution in [0, 0.1) is 11.8 Å². The van der Waals surface area contributed by atoms with E-state index < -0.39 is 0 Å². The molecule has 0 amide bonds. The number of ether oxygens (including phenoxy) is 2. The number of rotatable bonds is 20. The lowest BCUT2D eigenvalue weighted by molar-refractivity contribution is -0.145. The zero-order chi connectivity index (χ0) is 22.5. The first-order chi connectivity index (χ1) is 14.4. The topological polar surface area (TPSA) is 52.6 Å². The van der Waals surface area contributed by atoms with Crippen molar-refractivity contribution in [1.29, 1.82) is 0 Å². The Balaban J connectivity index is 3.30. The molecular weight excluding hydrogens is 376 g/mol. The molecular formula is C26H48O4. The molecule has 0 rings (SSSR count). The van der Waals surface area contributed by atoms with Crippen molar-refractivity contribution < 1.29 is 19.1 Å². The van der Waals surface area contributed by atoms with E-state index in [1.807, 2.05) is 0 Å². The Morgan fingerprint density at radius 1 is 0.600 bits per heavy atom. The van der Waals surface area contributed by atoms with Gasteiger partial charge in [-0.25, -0.2) is 0 Å².